The zero-order valence-corrected chi connectivity index (χ0v) is 23.3. The van der Waals surface area contributed by atoms with Gasteiger partial charge in [-0.1, -0.05) is 0 Å². The van der Waals surface area contributed by atoms with Crippen molar-refractivity contribution < 1.29 is 18.3 Å². The SMILES string of the molecule is CCn1cc[n+](Cc2cc(C[n+]3ccn(CC)c3)c(C[n+]3ccn(CC)c3)cc2C[n+]2ccn(CC)c2)c1. The molecule has 0 aliphatic rings. The Balaban J connectivity index is 1.56. The predicted octanol–water partition coefficient (Wildman–Crippen LogP) is 2.32. The maximum Gasteiger partial charge on any atom is 0.244 e. The van der Waals surface area contributed by atoms with Crippen LogP contribution in [0.5, 0.6) is 0 Å². The number of hydrogen-bond donors (Lipinski definition) is 0. The number of rotatable bonds is 12. The van der Waals surface area contributed by atoms with Crippen molar-refractivity contribution >= 4 is 0 Å². The first kappa shape index (κ1) is 25.7. The molecule has 0 radical (unpaired) electrons. The smallest absolute Gasteiger partial charge is 0.237 e. The highest BCUT2D eigenvalue weighted by Crippen LogP contribution is 2.19. The minimum atomic E-state index is 0.852. The van der Waals surface area contributed by atoms with Gasteiger partial charge in [-0.3, -0.25) is 0 Å². The highest BCUT2D eigenvalue weighted by Gasteiger charge is 2.19. The largest absolute Gasteiger partial charge is 0.244 e. The van der Waals surface area contributed by atoms with Crippen LogP contribution in [0.15, 0.2) is 87.0 Å². The Morgan fingerprint density at radius 2 is 0.658 bits per heavy atom. The van der Waals surface area contributed by atoms with Crippen molar-refractivity contribution in [1.82, 2.24) is 18.3 Å². The van der Waals surface area contributed by atoms with E-state index in [-0.39, 0.29) is 0 Å². The molecule has 1 aromatic carbocycles. The van der Waals surface area contributed by atoms with Crippen molar-refractivity contribution in [2.45, 2.75) is 80.1 Å². The lowest BCUT2D eigenvalue weighted by Gasteiger charge is -2.14. The van der Waals surface area contributed by atoms with Crippen LogP contribution in [-0.2, 0) is 52.4 Å². The highest BCUT2D eigenvalue weighted by molar-refractivity contribution is 5.37. The van der Waals surface area contributed by atoms with Gasteiger partial charge in [0.05, 0.1) is 26.2 Å². The van der Waals surface area contributed by atoms with Crippen LogP contribution in [-0.4, -0.2) is 18.3 Å². The van der Waals surface area contributed by atoms with Gasteiger partial charge in [-0.05, 0) is 39.8 Å². The van der Waals surface area contributed by atoms with Gasteiger partial charge in [-0.2, -0.15) is 0 Å². The molecule has 0 aliphatic carbocycles. The van der Waals surface area contributed by atoms with E-state index in [9.17, 15) is 0 Å². The van der Waals surface area contributed by atoms with Gasteiger partial charge >= 0.3 is 0 Å². The molecule has 0 spiro atoms. The van der Waals surface area contributed by atoms with Crippen LogP contribution in [0.25, 0.3) is 0 Å². The van der Waals surface area contributed by atoms with Crippen molar-refractivity contribution in [2.24, 2.45) is 0 Å². The number of aromatic nitrogens is 8. The molecule has 0 atom stereocenters. The molecule has 0 bridgehead atoms. The third-order valence-corrected chi connectivity index (χ3v) is 7.38. The predicted molar refractivity (Wildman–Crippen MR) is 144 cm³/mol. The summed E-state index contributed by atoms with van der Waals surface area (Å²) in [6, 6.07) is 4.90. The van der Waals surface area contributed by atoms with E-state index in [2.05, 4.69) is 151 Å². The molecule has 5 rings (SSSR count). The fraction of sp³-hybridized carbons (Fsp3) is 0.400. The van der Waals surface area contributed by atoms with E-state index in [0.29, 0.717) is 0 Å². The van der Waals surface area contributed by atoms with Gasteiger partial charge in [0, 0.05) is 22.3 Å². The van der Waals surface area contributed by atoms with E-state index in [1.807, 2.05) is 0 Å². The molecule has 0 N–H and O–H groups in total. The van der Waals surface area contributed by atoms with Crippen LogP contribution in [0, 0.1) is 0 Å². The minimum absolute atomic E-state index is 0.852. The standard InChI is InChI=1S/C30H42N8/c1-5-31-9-13-35(23-31)19-27-17-29(21-37-15-11-33(7-3)25-37)30(22-38-16-12-34(8-4)26-38)18-28(27)20-36-14-10-32(6-2)24-36/h9-18,23-26H,5-8,19-22H2,1-4H3/q+4. The highest BCUT2D eigenvalue weighted by atomic mass is 15.1. The van der Waals surface area contributed by atoms with Gasteiger partial charge in [-0.25, -0.2) is 36.5 Å². The molecular weight excluding hydrogens is 472 g/mol. The van der Waals surface area contributed by atoms with Crippen molar-refractivity contribution in [2.75, 3.05) is 0 Å². The minimum Gasteiger partial charge on any atom is -0.237 e. The number of imidazole rings is 4. The Morgan fingerprint density at radius 3 is 0.842 bits per heavy atom. The summed E-state index contributed by atoms with van der Waals surface area (Å²) >= 11 is 0. The normalized spacial score (nSPS) is 11.5. The van der Waals surface area contributed by atoms with Gasteiger partial charge in [-0.15, -0.1) is 0 Å². The molecule has 198 valence electrons. The molecule has 0 saturated heterocycles. The van der Waals surface area contributed by atoms with Gasteiger partial charge in [0.2, 0.25) is 25.3 Å². The Kier molecular flexibility index (Phi) is 7.86. The monoisotopic (exact) mass is 514 g/mol. The molecule has 8 heteroatoms. The fourth-order valence-corrected chi connectivity index (χ4v) is 5.04. The summed E-state index contributed by atoms with van der Waals surface area (Å²) in [6.07, 6.45) is 26.2. The lowest BCUT2D eigenvalue weighted by atomic mass is 9.97. The van der Waals surface area contributed by atoms with Gasteiger partial charge in [0.15, 0.2) is 0 Å². The zero-order chi connectivity index (χ0) is 26.5. The van der Waals surface area contributed by atoms with Crippen molar-refractivity contribution in [3.8, 4) is 0 Å². The van der Waals surface area contributed by atoms with Crippen LogP contribution in [0.3, 0.4) is 0 Å². The summed E-state index contributed by atoms with van der Waals surface area (Å²) in [6.45, 7) is 16.0. The summed E-state index contributed by atoms with van der Waals surface area (Å²) in [5.41, 5.74) is 5.47. The van der Waals surface area contributed by atoms with E-state index in [1.165, 1.54) is 22.3 Å². The third kappa shape index (κ3) is 5.96. The van der Waals surface area contributed by atoms with E-state index in [0.717, 1.165) is 52.4 Å². The van der Waals surface area contributed by atoms with E-state index < -0.39 is 0 Å². The second-order valence-corrected chi connectivity index (χ2v) is 10.1. The average Bonchev–Trinajstić information content (AvgIpc) is 3.74. The van der Waals surface area contributed by atoms with Crippen LogP contribution in [0.1, 0.15) is 49.9 Å². The number of hydrogen-bond acceptors (Lipinski definition) is 0. The van der Waals surface area contributed by atoms with E-state index in [4.69, 9.17) is 0 Å². The molecule has 38 heavy (non-hydrogen) atoms. The maximum absolute atomic E-state index is 2.45. The first-order chi connectivity index (χ1) is 18.6. The zero-order valence-electron chi connectivity index (χ0n) is 23.3. The molecule has 0 aliphatic heterocycles. The third-order valence-electron chi connectivity index (χ3n) is 7.38. The average molecular weight is 515 g/mol. The fourth-order valence-electron chi connectivity index (χ4n) is 5.04. The van der Waals surface area contributed by atoms with Gasteiger partial charge < -0.3 is 0 Å². The molecule has 0 saturated carbocycles. The summed E-state index contributed by atoms with van der Waals surface area (Å²) in [4.78, 5) is 0. The molecule has 4 aromatic heterocycles. The number of aryl methyl sites for hydroxylation is 4. The van der Waals surface area contributed by atoms with Crippen molar-refractivity contribution in [1.29, 1.82) is 0 Å². The molecule has 8 nitrogen and oxygen atoms in total. The Hall–Kier alpha value is -3.94. The molecule has 0 unspecified atom stereocenters. The molecule has 4 heterocycles. The summed E-state index contributed by atoms with van der Waals surface area (Å²) < 4.78 is 18.1. The molecule has 5 aromatic rings. The van der Waals surface area contributed by atoms with E-state index >= 15 is 0 Å². The summed E-state index contributed by atoms with van der Waals surface area (Å²) in [5, 5.41) is 0. The first-order valence-corrected chi connectivity index (χ1v) is 13.9. The Morgan fingerprint density at radius 1 is 0.421 bits per heavy atom. The molecule has 0 amide bonds. The second-order valence-electron chi connectivity index (χ2n) is 10.1. The van der Waals surface area contributed by atoms with Crippen molar-refractivity contribution in [3.05, 3.63) is 109 Å². The molecule has 0 fully saturated rings. The number of nitrogens with zero attached hydrogens (tertiary/aromatic N) is 8. The summed E-state index contributed by atoms with van der Waals surface area (Å²) in [7, 11) is 0. The van der Waals surface area contributed by atoms with Crippen LogP contribution in [0.2, 0.25) is 0 Å². The van der Waals surface area contributed by atoms with E-state index in [1.54, 1.807) is 0 Å². The lowest BCUT2D eigenvalue weighted by molar-refractivity contribution is -0.694. The van der Waals surface area contributed by atoms with Crippen LogP contribution in [0.4, 0.5) is 0 Å². The van der Waals surface area contributed by atoms with Crippen LogP contribution < -0.4 is 18.3 Å². The Labute approximate surface area is 225 Å². The number of benzene rings is 1. The van der Waals surface area contributed by atoms with Gasteiger partial charge in [0.25, 0.3) is 0 Å². The lowest BCUT2D eigenvalue weighted by Crippen LogP contribution is -2.38. The Bertz CT molecular complexity index is 1260. The van der Waals surface area contributed by atoms with Crippen molar-refractivity contribution in [3.63, 3.8) is 0 Å². The van der Waals surface area contributed by atoms with Gasteiger partial charge in [0.1, 0.15) is 75.8 Å². The second kappa shape index (κ2) is 11.6. The topological polar surface area (TPSA) is 35.2 Å². The van der Waals surface area contributed by atoms with Crippen LogP contribution >= 0.6 is 0 Å². The molecular formula is C30H42N8+4. The maximum atomic E-state index is 2.45. The first-order valence-electron chi connectivity index (χ1n) is 13.9. The quantitative estimate of drug-likeness (QED) is 0.229. The summed E-state index contributed by atoms with van der Waals surface area (Å²) in [5.74, 6) is 0.